The Morgan fingerprint density at radius 2 is 1.83 bits per heavy atom. The molecule has 2 aliphatic rings. The number of sulfonamides is 1. The highest BCUT2D eigenvalue weighted by molar-refractivity contribution is 7.89. The van der Waals surface area contributed by atoms with Crippen LogP contribution in [0.25, 0.3) is 0 Å². The standard InChI is InChI=1S/C28H34ClN7O4S/c1-3-40-24-17-19(27(37)36-15-13-35(2)14-16-36)11-12-22(24)32-28-30-18-21(29)26(33-28)31-23-9-4-5-10-25(23)41(38,39)34-20-7-6-8-20/h4-5,9-12,17-18,20,34H,3,6-8,13-16H2,1-2H3,(H2,30,31,32,33). The largest absolute Gasteiger partial charge is 0.492 e. The fourth-order valence-corrected chi connectivity index (χ4v) is 6.21. The molecule has 0 spiro atoms. The fraction of sp³-hybridized carbons (Fsp3) is 0.393. The van der Waals surface area contributed by atoms with Gasteiger partial charge in [-0.2, -0.15) is 4.98 Å². The van der Waals surface area contributed by atoms with E-state index < -0.39 is 10.0 Å². The molecular formula is C28H34ClN7O4S. The molecule has 1 aromatic heterocycles. The van der Waals surface area contributed by atoms with Crippen LogP contribution in [0, 0.1) is 0 Å². The van der Waals surface area contributed by atoms with E-state index in [2.05, 4.69) is 30.2 Å². The highest BCUT2D eigenvalue weighted by Crippen LogP contribution is 2.32. The van der Waals surface area contributed by atoms with Crippen molar-refractivity contribution >= 4 is 50.7 Å². The summed E-state index contributed by atoms with van der Waals surface area (Å²) >= 11 is 6.40. The van der Waals surface area contributed by atoms with Crippen LogP contribution in [0.5, 0.6) is 5.75 Å². The first-order valence-electron chi connectivity index (χ1n) is 13.7. The summed E-state index contributed by atoms with van der Waals surface area (Å²) in [4.78, 5) is 26.0. The molecule has 1 saturated heterocycles. The molecule has 5 rings (SSSR count). The topological polar surface area (TPSA) is 129 Å². The van der Waals surface area contributed by atoms with Gasteiger partial charge in [-0.25, -0.2) is 18.1 Å². The molecule has 2 heterocycles. The Hall–Kier alpha value is -3.45. The Labute approximate surface area is 245 Å². The monoisotopic (exact) mass is 599 g/mol. The Morgan fingerprint density at radius 3 is 2.54 bits per heavy atom. The van der Waals surface area contributed by atoms with Crippen molar-refractivity contribution in [1.29, 1.82) is 0 Å². The molecular weight excluding hydrogens is 566 g/mol. The number of aromatic nitrogens is 2. The third kappa shape index (κ3) is 6.89. The number of carbonyl (C=O) groups is 1. The zero-order valence-corrected chi connectivity index (χ0v) is 24.6. The molecule has 1 amide bonds. The lowest BCUT2D eigenvalue weighted by Crippen LogP contribution is -2.47. The number of anilines is 4. The van der Waals surface area contributed by atoms with Crippen LogP contribution in [-0.4, -0.2) is 80.0 Å². The Kier molecular flexibility index (Phi) is 8.93. The number of ether oxygens (including phenoxy) is 1. The second kappa shape index (κ2) is 12.6. The van der Waals surface area contributed by atoms with Crippen molar-refractivity contribution in [2.75, 3.05) is 50.5 Å². The first kappa shape index (κ1) is 29.1. The van der Waals surface area contributed by atoms with Crippen molar-refractivity contribution in [3.63, 3.8) is 0 Å². The maximum Gasteiger partial charge on any atom is 0.254 e. The lowest BCUT2D eigenvalue weighted by Gasteiger charge is -2.32. The van der Waals surface area contributed by atoms with Crippen molar-refractivity contribution < 1.29 is 17.9 Å². The molecule has 0 bridgehead atoms. The Morgan fingerprint density at radius 1 is 1.07 bits per heavy atom. The van der Waals surface area contributed by atoms with Gasteiger partial charge in [0, 0.05) is 37.8 Å². The number of amides is 1. The van der Waals surface area contributed by atoms with Gasteiger partial charge in [0.25, 0.3) is 5.91 Å². The van der Waals surface area contributed by atoms with Crippen LogP contribution in [0.3, 0.4) is 0 Å². The number of halogens is 1. The number of nitrogens with one attached hydrogen (secondary N) is 3. The molecule has 1 aliphatic carbocycles. The van der Waals surface area contributed by atoms with Crippen LogP contribution in [0.15, 0.2) is 53.6 Å². The summed E-state index contributed by atoms with van der Waals surface area (Å²) in [5.74, 6) is 0.888. The third-order valence-electron chi connectivity index (χ3n) is 7.17. The summed E-state index contributed by atoms with van der Waals surface area (Å²) in [6.07, 6.45) is 4.10. The minimum absolute atomic E-state index is 0.0414. The van der Waals surface area contributed by atoms with Gasteiger partial charge in [0.2, 0.25) is 16.0 Å². The molecule has 1 saturated carbocycles. The molecule has 218 valence electrons. The molecule has 13 heteroatoms. The van der Waals surface area contributed by atoms with Crippen LogP contribution >= 0.6 is 11.6 Å². The number of hydrogen-bond acceptors (Lipinski definition) is 9. The van der Waals surface area contributed by atoms with Gasteiger partial charge in [-0.15, -0.1) is 0 Å². The maximum atomic E-state index is 13.1. The molecule has 0 radical (unpaired) electrons. The quantitative estimate of drug-likeness (QED) is 0.313. The lowest BCUT2D eigenvalue weighted by atomic mass is 9.94. The van der Waals surface area contributed by atoms with Crippen molar-refractivity contribution in [2.45, 2.75) is 37.1 Å². The van der Waals surface area contributed by atoms with Crippen molar-refractivity contribution in [3.05, 3.63) is 59.2 Å². The molecule has 2 fully saturated rings. The lowest BCUT2D eigenvalue weighted by molar-refractivity contribution is 0.0663. The van der Waals surface area contributed by atoms with Crippen LogP contribution in [-0.2, 0) is 10.0 Å². The first-order valence-corrected chi connectivity index (χ1v) is 15.5. The summed E-state index contributed by atoms with van der Waals surface area (Å²) in [6.45, 7) is 5.28. The molecule has 0 atom stereocenters. The van der Waals surface area contributed by atoms with Gasteiger partial charge < -0.3 is 25.2 Å². The SMILES string of the molecule is CCOc1cc(C(=O)N2CCN(C)CC2)ccc1Nc1ncc(Cl)c(Nc2ccccc2S(=O)(=O)NC2CCC2)n1. The molecule has 41 heavy (non-hydrogen) atoms. The Balaban J connectivity index is 1.36. The minimum Gasteiger partial charge on any atom is -0.492 e. The van der Waals surface area contributed by atoms with Crippen LogP contribution < -0.4 is 20.1 Å². The van der Waals surface area contributed by atoms with Gasteiger partial charge in [-0.1, -0.05) is 30.2 Å². The zero-order valence-electron chi connectivity index (χ0n) is 23.1. The molecule has 0 unspecified atom stereocenters. The predicted molar refractivity (Wildman–Crippen MR) is 159 cm³/mol. The van der Waals surface area contributed by atoms with Gasteiger partial charge in [0.15, 0.2) is 5.82 Å². The zero-order chi connectivity index (χ0) is 29.0. The van der Waals surface area contributed by atoms with E-state index >= 15 is 0 Å². The maximum absolute atomic E-state index is 13.1. The second-order valence-corrected chi connectivity index (χ2v) is 12.2. The smallest absolute Gasteiger partial charge is 0.254 e. The summed E-state index contributed by atoms with van der Waals surface area (Å²) in [5, 5.41) is 6.41. The molecule has 3 N–H and O–H groups in total. The van der Waals surface area contributed by atoms with E-state index in [-0.39, 0.29) is 33.6 Å². The minimum atomic E-state index is -3.74. The van der Waals surface area contributed by atoms with Crippen molar-refractivity contribution in [2.24, 2.45) is 0 Å². The van der Waals surface area contributed by atoms with E-state index in [1.54, 1.807) is 36.4 Å². The normalized spacial score (nSPS) is 16.2. The Bertz CT molecular complexity index is 1510. The summed E-state index contributed by atoms with van der Waals surface area (Å²) in [5.41, 5.74) is 1.45. The molecule has 11 nitrogen and oxygen atoms in total. The number of rotatable bonds is 10. The predicted octanol–water partition coefficient (Wildman–Crippen LogP) is 4.23. The highest BCUT2D eigenvalue weighted by atomic mass is 35.5. The fourth-order valence-electron chi connectivity index (χ4n) is 4.60. The van der Waals surface area contributed by atoms with E-state index in [1.807, 2.05) is 18.9 Å². The number of benzene rings is 2. The van der Waals surface area contributed by atoms with E-state index in [0.717, 1.165) is 32.4 Å². The molecule has 2 aromatic carbocycles. The summed E-state index contributed by atoms with van der Waals surface area (Å²) in [6, 6.07) is 11.8. The molecule has 1 aliphatic heterocycles. The van der Waals surface area contributed by atoms with Crippen LogP contribution in [0.2, 0.25) is 5.02 Å². The van der Waals surface area contributed by atoms with E-state index in [0.29, 0.717) is 42.4 Å². The number of likely N-dealkylation sites (N-methyl/N-ethyl adjacent to an activating group) is 1. The van der Waals surface area contributed by atoms with Crippen LogP contribution in [0.1, 0.15) is 36.5 Å². The first-order chi connectivity index (χ1) is 19.7. The summed E-state index contributed by atoms with van der Waals surface area (Å²) < 4.78 is 34.7. The number of piperazine rings is 1. The second-order valence-electron chi connectivity index (χ2n) is 10.1. The average molecular weight is 600 g/mol. The van der Waals surface area contributed by atoms with Gasteiger partial charge in [0.05, 0.1) is 24.2 Å². The highest BCUT2D eigenvalue weighted by Gasteiger charge is 2.27. The van der Waals surface area contributed by atoms with Gasteiger partial charge in [0.1, 0.15) is 15.7 Å². The van der Waals surface area contributed by atoms with Crippen molar-refractivity contribution in [1.82, 2.24) is 24.5 Å². The summed E-state index contributed by atoms with van der Waals surface area (Å²) in [7, 11) is -1.70. The number of carbonyl (C=O) groups excluding carboxylic acids is 1. The van der Waals surface area contributed by atoms with Crippen LogP contribution in [0.4, 0.5) is 23.1 Å². The van der Waals surface area contributed by atoms with E-state index in [1.165, 1.54) is 12.3 Å². The molecule has 3 aromatic rings. The van der Waals surface area contributed by atoms with Gasteiger partial charge in [-0.3, -0.25) is 4.79 Å². The number of nitrogens with zero attached hydrogens (tertiary/aromatic N) is 4. The third-order valence-corrected chi connectivity index (χ3v) is 9.02. The van der Waals surface area contributed by atoms with E-state index in [4.69, 9.17) is 16.3 Å². The number of hydrogen-bond donors (Lipinski definition) is 3. The van der Waals surface area contributed by atoms with Crippen molar-refractivity contribution in [3.8, 4) is 5.75 Å². The van der Waals surface area contributed by atoms with Gasteiger partial charge >= 0.3 is 0 Å². The number of para-hydroxylation sites is 1. The van der Waals surface area contributed by atoms with Gasteiger partial charge in [-0.05, 0) is 57.1 Å². The average Bonchev–Trinajstić information content (AvgIpc) is 2.94. The van der Waals surface area contributed by atoms with E-state index in [9.17, 15) is 13.2 Å².